The summed E-state index contributed by atoms with van der Waals surface area (Å²) >= 11 is 0. The molecule has 4 aromatic rings. The van der Waals surface area contributed by atoms with E-state index in [1.165, 1.54) is 19.2 Å². The van der Waals surface area contributed by atoms with Gasteiger partial charge in [-0.1, -0.05) is 0 Å². The summed E-state index contributed by atoms with van der Waals surface area (Å²) in [7, 11) is 1.50. The van der Waals surface area contributed by atoms with Crippen molar-refractivity contribution < 1.29 is 23.1 Å². The van der Waals surface area contributed by atoms with Crippen LogP contribution in [0.5, 0.6) is 5.75 Å². The molecule has 0 atom stereocenters. The smallest absolute Gasteiger partial charge is 0.250 e. The first kappa shape index (κ1) is 19.5. The molecule has 10 heteroatoms. The Hall–Kier alpha value is -3.79. The number of nitrogens with zero attached hydrogens (tertiary/aromatic N) is 3. The van der Waals surface area contributed by atoms with Gasteiger partial charge >= 0.3 is 0 Å². The first-order valence-corrected chi connectivity index (χ1v) is 9.02. The van der Waals surface area contributed by atoms with Crippen LogP contribution in [0.15, 0.2) is 40.8 Å². The van der Waals surface area contributed by atoms with Crippen LogP contribution in [0, 0.1) is 12.7 Å². The largest absolute Gasteiger partial charge is 0.495 e. The first-order valence-electron chi connectivity index (χ1n) is 9.02. The minimum Gasteiger partial charge on any atom is -0.495 e. The average molecular weight is 411 g/mol. The molecule has 0 aliphatic rings. The molecule has 0 radical (unpaired) electrons. The summed E-state index contributed by atoms with van der Waals surface area (Å²) in [6.45, 7) is 1.55. The fourth-order valence-electron chi connectivity index (χ4n) is 2.88. The van der Waals surface area contributed by atoms with Gasteiger partial charge in [0.2, 0.25) is 17.7 Å². The second-order valence-electron chi connectivity index (χ2n) is 6.43. The normalized spacial score (nSPS) is 11.0. The van der Waals surface area contributed by atoms with Crippen LogP contribution < -0.4 is 10.1 Å². The van der Waals surface area contributed by atoms with Crippen molar-refractivity contribution in [3.8, 4) is 17.2 Å². The predicted molar refractivity (Wildman–Crippen MR) is 105 cm³/mol. The molecule has 0 unspecified atom stereocenters. The fourth-order valence-corrected chi connectivity index (χ4v) is 2.88. The fraction of sp³-hybridized carbons (Fsp3) is 0.200. The number of aromatic amines is 1. The number of nitrogens with one attached hydrogen (secondary N) is 2. The Balaban J connectivity index is 1.39. The van der Waals surface area contributed by atoms with E-state index in [1.54, 1.807) is 31.2 Å². The number of H-pyrrole nitrogens is 1. The van der Waals surface area contributed by atoms with E-state index < -0.39 is 0 Å². The van der Waals surface area contributed by atoms with Crippen molar-refractivity contribution in [2.24, 2.45) is 0 Å². The standard InChI is InChI=1S/C20H18FN5O4/c1-11-25-26-20(30-11)12-3-6-17(28-2)16(7-12)24-19(27)10-29-9-18-22-14-5-4-13(21)8-15(14)23-18/h3-8H,9-10H2,1-2H3,(H,22,23)(H,24,27). The lowest BCUT2D eigenvalue weighted by molar-refractivity contribution is -0.121. The van der Waals surface area contributed by atoms with Crippen LogP contribution in [0.3, 0.4) is 0 Å². The molecule has 0 spiro atoms. The summed E-state index contributed by atoms with van der Waals surface area (Å²) in [6, 6.07) is 9.38. The number of amides is 1. The molecule has 0 aliphatic heterocycles. The van der Waals surface area contributed by atoms with Crippen molar-refractivity contribution in [3.05, 3.63) is 53.9 Å². The predicted octanol–water partition coefficient (Wildman–Crippen LogP) is 3.22. The highest BCUT2D eigenvalue weighted by atomic mass is 19.1. The van der Waals surface area contributed by atoms with Crippen LogP contribution in [-0.4, -0.2) is 39.8 Å². The van der Waals surface area contributed by atoms with Crippen LogP contribution in [0.4, 0.5) is 10.1 Å². The molecule has 2 aromatic heterocycles. The number of aryl methyl sites for hydroxylation is 1. The molecule has 2 aromatic carbocycles. The van der Waals surface area contributed by atoms with E-state index in [0.29, 0.717) is 45.6 Å². The van der Waals surface area contributed by atoms with E-state index in [1.807, 2.05) is 0 Å². The molecule has 0 fully saturated rings. The highest BCUT2D eigenvalue weighted by Gasteiger charge is 2.13. The molecule has 2 heterocycles. The van der Waals surface area contributed by atoms with Gasteiger partial charge in [0.05, 0.1) is 23.8 Å². The maximum atomic E-state index is 13.3. The van der Waals surface area contributed by atoms with Crippen molar-refractivity contribution in [3.63, 3.8) is 0 Å². The van der Waals surface area contributed by atoms with Crippen LogP contribution in [0.25, 0.3) is 22.5 Å². The lowest BCUT2D eigenvalue weighted by Gasteiger charge is -2.11. The van der Waals surface area contributed by atoms with Gasteiger partial charge in [-0.2, -0.15) is 0 Å². The number of hydrogen-bond acceptors (Lipinski definition) is 7. The topological polar surface area (TPSA) is 115 Å². The van der Waals surface area contributed by atoms with E-state index in [-0.39, 0.29) is 24.9 Å². The number of halogens is 1. The molecular weight excluding hydrogens is 393 g/mol. The molecule has 4 rings (SSSR count). The van der Waals surface area contributed by atoms with Crippen molar-refractivity contribution >= 4 is 22.6 Å². The molecule has 30 heavy (non-hydrogen) atoms. The Morgan fingerprint density at radius 3 is 2.87 bits per heavy atom. The van der Waals surface area contributed by atoms with Crippen molar-refractivity contribution in [2.75, 3.05) is 19.0 Å². The second kappa shape index (κ2) is 8.29. The summed E-state index contributed by atoms with van der Waals surface area (Å²) < 4.78 is 29.4. The number of anilines is 1. The van der Waals surface area contributed by atoms with E-state index in [9.17, 15) is 9.18 Å². The van der Waals surface area contributed by atoms with Crippen LogP contribution in [-0.2, 0) is 16.1 Å². The number of benzene rings is 2. The highest BCUT2D eigenvalue weighted by Crippen LogP contribution is 2.30. The molecule has 0 aliphatic carbocycles. The lowest BCUT2D eigenvalue weighted by Crippen LogP contribution is -2.19. The molecular formula is C20H18FN5O4. The first-order chi connectivity index (χ1) is 14.5. The maximum Gasteiger partial charge on any atom is 0.250 e. The number of aromatic nitrogens is 4. The summed E-state index contributed by atoms with van der Waals surface area (Å²) in [5.41, 5.74) is 2.27. The Kier molecular flexibility index (Phi) is 5.40. The maximum absolute atomic E-state index is 13.3. The van der Waals surface area contributed by atoms with Crippen LogP contribution >= 0.6 is 0 Å². The number of carbonyl (C=O) groups is 1. The van der Waals surface area contributed by atoms with Gasteiger partial charge in [0.15, 0.2) is 0 Å². The summed E-state index contributed by atoms with van der Waals surface area (Å²) in [5.74, 6) is 1.01. The number of rotatable bonds is 7. The van der Waals surface area contributed by atoms with Crippen LogP contribution in [0.1, 0.15) is 11.7 Å². The molecule has 0 saturated heterocycles. The summed E-state index contributed by atoms with van der Waals surface area (Å²) in [5, 5.41) is 10.5. The number of fused-ring (bicyclic) bond motifs is 1. The number of imidazole rings is 1. The van der Waals surface area contributed by atoms with E-state index in [2.05, 4.69) is 25.5 Å². The summed E-state index contributed by atoms with van der Waals surface area (Å²) in [4.78, 5) is 19.6. The zero-order chi connectivity index (χ0) is 21.1. The van der Waals surface area contributed by atoms with Gasteiger partial charge in [-0.15, -0.1) is 10.2 Å². The van der Waals surface area contributed by atoms with E-state index in [4.69, 9.17) is 13.9 Å². The Morgan fingerprint density at radius 2 is 2.10 bits per heavy atom. The van der Waals surface area contributed by atoms with Crippen molar-refractivity contribution in [2.45, 2.75) is 13.5 Å². The van der Waals surface area contributed by atoms with E-state index in [0.717, 1.165) is 0 Å². The van der Waals surface area contributed by atoms with Crippen LogP contribution in [0.2, 0.25) is 0 Å². The number of methoxy groups -OCH3 is 1. The zero-order valence-corrected chi connectivity index (χ0v) is 16.2. The third-order valence-corrected chi connectivity index (χ3v) is 4.21. The molecule has 2 N–H and O–H groups in total. The number of hydrogen-bond donors (Lipinski definition) is 2. The van der Waals surface area contributed by atoms with Gasteiger partial charge < -0.3 is 24.2 Å². The molecule has 154 valence electrons. The van der Waals surface area contributed by atoms with Gasteiger partial charge in [-0.3, -0.25) is 4.79 Å². The highest BCUT2D eigenvalue weighted by molar-refractivity contribution is 5.94. The Labute approximate surface area is 170 Å². The van der Waals surface area contributed by atoms with Gasteiger partial charge in [-0.05, 0) is 36.4 Å². The Bertz CT molecular complexity index is 1200. The Morgan fingerprint density at radius 1 is 1.23 bits per heavy atom. The van der Waals surface area contributed by atoms with Gasteiger partial charge in [0, 0.05) is 12.5 Å². The minimum absolute atomic E-state index is 0.0716. The minimum atomic E-state index is -0.380. The second-order valence-corrected chi connectivity index (χ2v) is 6.43. The van der Waals surface area contributed by atoms with Gasteiger partial charge in [0.1, 0.15) is 30.6 Å². The monoisotopic (exact) mass is 411 g/mol. The average Bonchev–Trinajstić information content (AvgIpc) is 3.33. The molecule has 1 amide bonds. The lowest BCUT2D eigenvalue weighted by atomic mass is 10.2. The van der Waals surface area contributed by atoms with Crippen molar-refractivity contribution in [1.29, 1.82) is 0 Å². The van der Waals surface area contributed by atoms with Gasteiger partial charge in [0.25, 0.3) is 0 Å². The zero-order valence-electron chi connectivity index (χ0n) is 16.2. The molecule has 0 bridgehead atoms. The SMILES string of the molecule is COc1ccc(-c2nnc(C)o2)cc1NC(=O)COCc1nc2ccc(F)cc2[nH]1. The van der Waals surface area contributed by atoms with E-state index >= 15 is 0 Å². The van der Waals surface area contributed by atoms with Gasteiger partial charge in [-0.25, -0.2) is 9.37 Å². The number of carbonyl (C=O) groups excluding carboxylic acids is 1. The number of ether oxygens (including phenoxy) is 2. The quantitative estimate of drug-likeness (QED) is 0.480. The molecule has 9 nitrogen and oxygen atoms in total. The third kappa shape index (κ3) is 4.28. The third-order valence-electron chi connectivity index (χ3n) is 4.21. The molecule has 0 saturated carbocycles. The van der Waals surface area contributed by atoms with Crippen molar-refractivity contribution in [1.82, 2.24) is 20.2 Å². The summed E-state index contributed by atoms with van der Waals surface area (Å²) in [6.07, 6.45) is 0.